The topological polar surface area (TPSA) is 26.4 Å². The number of nitrogens with zero attached hydrogens (tertiary/aromatic N) is 2. The van der Waals surface area contributed by atoms with Crippen LogP contribution in [0, 0.1) is 0 Å². The number of hydrogen-bond acceptors (Lipinski definition) is 1. The minimum atomic E-state index is 0.0000154. The Balaban J connectivity index is 2.23. The van der Waals surface area contributed by atoms with Crippen LogP contribution in [0.3, 0.4) is 0 Å². The molecule has 0 aliphatic heterocycles. The number of benzene rings is 2. The largest absolute Gasteiger partial charge is 0.333 e. The van der Waals surface area contributed by atoms with E-state index in [0.29, 0.717) is 12.4 Å². The number of fused-ring (bicyclic) bond motifs is 5. The van der Waals surface area contributed by atoms with Crippen LogP contribution in [0.15, 0.2) is 59.4 Å². The van der Waals surface area contributed by atoms with E-state index in [4.69, 9.17) is 11.6 Å². The van der Waals surface area contributed by atoms with Crippen LogP contribution in [0.4, 0.5) is 0 Å². The summed E-state index contributed by atoms with van der Waals surface area (Å²) < 4.78 is 3.64. The van der Waals surface area contributed by atoms with E-state index in [1.54, 1.807) is 0 Å². The Morgan fingerprint density at radius 2 is 1.64 bits per heavy atom. The third-order valence-electron chi connectivity index (χ3n) is 4.12. The summed E-state index contributed by atoms with van der Waals surface area (Å²) in [5, 5.41) is 2.17. The zero-order chi connectivity index (χ0) is 15.1. The van der Waals surface area contributed by atoms with Gasteiger partial charge in [-0.1, -0.05) is 36.4 Å². The van der Waals surface area contributed by atoms with Crippen LogP contribution >= 0.6 is 11.6 Å². The summed E-state index contributed by atoms with van der Waals surface area (Å²) in [5.74, 6) is 0.547. The summed E-state index contributed by atoms with van der Waals surface area (Å²) in [6.45, 7) is 0.630. The predicted octanol–water partition coefficient (Wildman–Crippen LogP) is 4.04. The minimum Gasteiger partial charge on any atom is -0.293 e. The molecule has 22 heavy (non-hydrogen) atoms. The van der Waals surface area contributed by atoms with Crippen LogP contribution in [0.1, 0.15) is 6.42 Å². The molecule has 110 valence electrons. The monoisotopic (exact) mass is 310 g/mol. The third-order valence-corrected chi connectivity index (χ3v) is 4.39. The maximum absolute atomic E-state index is 13.0. The van der Waals surface area contributed by atoms with E-state index < -0.39 is 0 Å². The number of alkyl halides is 1. The molecule has 0 amide bonds. The van der Waals surface area contributed by atoms with Crippen molar-refractivity contribution >= 4 is 38.9 Å². The highest BCUT2D eigenvalue weighted by atomic mass is 35.5. The molecule has 0 atom stereocenters. The first-order chi connectivity index (χ1) is 10.8. The Kier molecular flexibility index (Phi) is 3.16. The van der Waals surface area contributed by atoms with Crippen molar-refractivity contribution in [3.8, 4) is 0 Å². The van der Waals surface area contributed by atoms with Gasteiger partial charge in [0.15, 0.2) is 0 Å². The Labute approximate surface area is 132 Å². The highest BCUT2D eigenvalue weighted by Crippen LogP contribution is 2.25. The van der Waals surface area contributed by atoms with Crippen molar-refractivity contribution in [2.45, 2.75) is 13.0 Å². The second kappa shape index (κ2) is 5.18. The van der Waals surface area contributed by atoms with E-state index in [2.05, 4.69) is 12.1 Å². The zero-order valence-electron chi connectivity index (χ0n) is 12.0. The molecular formula is C18H15ClN2O. The number of hydrogen-bond donors (Lipinski definition) is 0. The van der Waals surface area contributed by atoms with Gasteiger partial charge < -0.3 is 0 Å². The van der Waals surface area contributed by atoms with E-state index in [1.165, 1.54) is 0 Å². The molecule has 4 rings (SSSR count). The molecule has 0 saturated carbocycles. The summed E-state index contributed by atoms with van der Waals surface area (Å²) in [7, 11) is 0. The maximum Gasteiger partial charge on any atom is 0.333 e. The molecule has 2 aromatic carbocycles. The first-order valence-corrected chi connectivity index (χ1v) is 7.92. The summed E-state index contributed by atoms with van der Waals surface area (Å²) in [4.78, 5) is 13.0. The smallest absolute Gasteiger partial charge is 0.293 e. The molecule has 3 nitrogen and oxygen atoms in total. The van der Waals surface area contributed by atoms with Crippen LogP contribution in [0.5, 0.6) is 0 Å². The van der Waals surface area contributed by atoms with E-state index in [-0.39, 0.29) is 5.69 Å². The fourth-order valence-electron chi connectivity index (χ4n) is 3.14. The summed E-state index contributed by atoms with van der Waals surface area (Å²) in [6.07, 6.45) is 0.774. The van der Waals surface area contributed by atoms with Crippen molar-refractivity contribution in [1.82, 2.24) is 8.97 Å². The molecule has 0 radical (unpaired) electrons. The average molecular weight is 311 g/mol. The standard InChI is InChI=1S/C18H15ClN2O/c19-10-5-11-20-16-9-4-2-7-14(16)17-12-13-6-1-3-8-15(13)21(17)18(20)22/h1-4,6-9,12H,5,10-11H2. The number of aromatic nitrogens is 2. The Bertz CT molecular complexity index is 1050. The maximum atomic E-state index is 13.0. The summed E-state index contributed by atoms with van der Waals surface area (Å²) in [5.41, 5.74) is 2.88. The first kappa shape index (κ1) is 13.4. The molecule has 2 heterocycles. The fourth-order valence-corrected chi connectivity index (χ4v) is 3.26. The van der Waals surface area contributed by atoms with Gasteiger partial charge in [-0.3, -0.25) is 8.97 Å². The van der Waals surface area contributed by atoms with E-state index in [1.807, 2.05) is 51.4 Å². The molecule has 0 fully saturated rings. The van der Waals surface area contributed by atoms with Crippen molar-refractivity contribution in [3.63, 3.8) is 0 Å². The van der Waals surface area contributed by atoms with Crippen LogP contribution in [-0.2, 0) is 6.54 Å². The van der Waals surface area contributed by atoms with Crippen LogP contribution in [0.25, 0.3) is 27.3 Å². The number of para-hydroxylation sites is 2. The average Bonchev–Trinajstić information content (AvgIpc) is 2.95. The van der Waals surface area contributed by atoms with Crippen molar-refractivity contribution < 1.29 is 0 Å². The Morgan fingerprint density at radius 1 is 0.909 bits per heavy atom. The molecule has 0 saturated heterocycles. The van der Waals surface area contributed by atoms with Gasteiger partial charge in [0.25, 0.3) is 0 Å². The first-order valence-electron chi connectivity index (χ1n) is 7.39. The fraction of sp³-hybridized carbons (Fsp3) is 0.167. The SMILES string of the molecule is O=c1n(CCCCl)c2ccccc2c2cc3ccccc3n12. The van der Waals surface area contributed by atoms with Gasteiger partial charge in [0.05, 0.1) is 16.6 Å². The lowest BCUT2D eigenvalue weighted by Gasteiger charge is -2.11. The molecule has 0 unspecified atom stereocenters. The number of halogens is 1. The van der Waals surface area contributed by atoms with E-state index >= 15 is 0 Å². The molecule has 0 aliphatic rings. The lowest BCUT2D eigenvalue weighted by Crippen LogP contribution is -2.27. The third kappa shape index (κ3) is 1.86. The van der Waals surface area contributed by atoms with Gasteiger partial charge in [0.1, 0.15) is 0 Å². The molecule has 0 bridgehead atoms. The Morgan fingerprint density at radius 3 is 2.45 bits per heavy atom. The van der Waals surface area contributed by atoms with Crippen molar-refractivity contribution in [2.75, 3.05) is 5.88 Å². The molecule has 4 heteroatoms. The van der Waals surface area contributed by atoms with Crippen LogP contribution in [-0.4, -0.2) is 14.8 Å². The quantitative estimate of drug-likeness (QED) is 0.525. The molecule has 0 aliphatic carbocycles. The van der Waals surface area contributed by atoms with Gasteiger partial charge in [0, 0.05) is 23.2 Å². The zero-order valence-corrected chi connectivity index (χ0v) is 12.8. The summed E-state index contributed by atoms with van der Waals surface area (Å²) >= 11 is 5.82. The highest BCUT2D eigenvalue weighted by molar-refractivity contribution is 6.17. The summed E-state index contributed by atoms with van der Waals surface area (Å²) in [6, 6.07) is 18.1. The molecule has 0 N–H and O–H groups in total. The lowest BCUT2D eigenvalue weighted by atomic mass is 10.2. The van der Waals surface area contributed by atoms with E-state index in [0.717, 1.165) is 33.7 Å². The van der Waals surface area contributed by atoms with Gasteiger partial charge >= 0.3 is 5.69 Å². The van der Waals surface area contributed by atoms with E-state index in [9.17, 15) is 4.79 Å². The Hall–Kier alpha value is -2.26. The highest BCUT2D eigenvalue weighted by Gasteiger charge is 2.13. The molecule has 0 spiro atoms. The molecule has 4 aromatic rings. The molecule has 2 aromatic heterocycles. The van der Waals surface area contributed by atoms with Crippen molar-refractivity contribution in [1.29, 1.82) is 0 Å². The van der Waals surface area contributed by atoms with Gasteiger partial charge in [0.2, 0.25) is 0 Å². The van der Waals surface area contributed by atoms with Gasteiger partial charge in [-0.05, 0) is 24.6 Å². The van der Waals surface area contributed by atoms with Gasteiger partial charge in [-0.15, -0.1) is 11.6 Å². The predicted molar refractivity (Wildman–Crippen MR) is 92.0 cm³/mol. The minimum absolute atomic E-state index is 0.0000154. The normalized spacial score (nSPS) is 11.7. The van der Waals surface area contributed by atoms with Crippen molar-refractivity contribution in [3.05, 3.63) is 65.1 Å². The van der Waals surface area contributed by atoms with Gasteiger partial charge in [-0.25, -0.2) is 4.79 Å². The van der Waals surface area contributed by atoms with Gasteiger partial charge in [-0.2, -0.15) is 0 Å². The second-order valence-electron chi connectivity index (χ2n) is 5.42. The lowest BCUT2D eigenvalue weighted by molar-refractivity contribution is 0.659. The van der Waals surface area contributed by atoms with Crippen LogP contribution in [0.2, 0.25) is 0 Å². The molecular weight excluding hydrogens is 296 g/mol. The second-order valence-corrected chi connectivity index (χ2v) is 5.80. The number of aryl methyl sites for hydroxylation is 1. The number of rotatable bonds is 3. The van der Waals surface area contributed by atoms with Crippen LogP contribution < -0.4 is 5.69 Å². The van der Waals surface area contributed by atoms with Crippen molar-refractivity contribution in [2.24, 2.45) is 0 Å².